The molecule has 0 saturated heterocycles. The minimum Gasteiger partial charge on any atom is -0.396 e. The highest BCUT2D eigenvalue weighted by Crippen LogP contribution is 2.20. The van der Waals surface area contributed by atoms with Crippen molar-refractivity contribution in [3.63, 3.8) is 0 Å². The summed E-state index contributed by atoms with van der Waals surface area (Å²) in [5.74, 6) is 1.70. The van der Waals surface area contributed by atoms with Gasteiger partial charge in [-0.3, -0.25) is 0 Å². The quantitative estimate of drug-likeness (QED) is 0.892. The summed E-state index contributed by atoms with van der Waals surface area (Å²) in [5.41, 5.74) is 6.33. The summed E-state index contributed by atoms with van der Waals surface area (Å²) in [6.45, 7) is 2.17. The Labute approximate surface area is 100 Å². The fourth-order valence-electron chi connectivity index (χ4n) is 1.17. The topological polar surface area (TPSA) is 89.9 Å². The smallest absolute Gasteiger partial charge is 0.245 e. The van der Waals surface area contributed by atoms with Crippen LogP contribution in [0.3, 0.4) is 0 Å². The van der Waals surface area contributed by atoms with E-state index in [1.165, 1.54) is 0 Å². The van der Waals surface area contributed by atoms with E-state index in [-0.39, 0.29) is 0 Å². The van der Waals surface area contributed by atoms with Crippen LogP contribution in [0.5, 0.6) is 0 Å². The van der Waals surface area contributed by atoms with Gasteiger partial charge in [0.05, 0.1) is 12.2 Å². The lowest BCUT2D eigenvalue weighted by atomic mass is 10.4. The molecule has 16 heavy (non-hydrogen) atoms. The zero-order valence-electron chi connectivity index (χ0n) is 8.57. The lowest BCUT2D eigenvalue weighted by Crippen LogP contribution is -2.04. The molecule has 2 aromatic heterocycles. The fourth-order valence-corrected chi connectivity index (χ4v) is 1.52. The number of nitrogens with two attached hydrogens (primary N) is 1. The summed E-state index contributed by atoms with van der Waals surface area (Å²) in [7, 11) is 0. The molecular weight excluding hydrogens is 274 g/mol. The molecule has 2 aromatic rings. The molecule has 2 rings (SSSR count). The third-order valence-electron chi connectivity index (χ3n) is 1.86. The predicted molar refractivity (Wildman–Crippen MR) is 62.7 cm³/mol. The molecule has 84 valence electrons. The lowest BCUT2D eigenvalue weighted by molar-refractivity contribution is 0.379. The zero-order valence-corrected chi connectivity index (χ0v) is 10.2. The molecule has 0 bridgehead atoms. The van der Waals surface area contributed by atoms with Gasteiger partial charge in [0, 0.05) is 10.7 Å². The molecular formula is C9H10BrN5O. The highest BCUT2D eigenvalue weighted by atomic mass is 79.9. The number of pyridine rings is 1. The van der Waals surface area contributed by atoms with Crippen LogP contribution < -0.4 is 11.1 Å². The molecule has 0 fully saturated rings. The van der Waals surface area contributed by atoms with Gasteiger partial charge in [0.25, 0.3) is 0 Å². The van der Waals surface area contributed by atoms with Crippen molar-refractivity contribution in [2.45, 2.75) is 13.5 Å². The van der Waals surface area contributed by atoms with E-state index in [0.717, 1.165) is 4.47 Å². The van der Waals surface area contributed by atoms with Crippen LogP contribution in [0, 0.1) is 6.92 Å². The Morgan fingerprint density at radius 3 is 3.00 bits per heavy atom. The monoisotopic (exact) mass is 283 g/mol. The van der Waals surface area contributed by atoms with Gasteiger partial charge in [-0.25, -0.2) is 4.98 Å². The molecule has 0 saturated carbocycles. The largest absolute Gasteiger partial charge is 0.396 e. The van der Waals surface area contributed by atoms with E-state index in [0.29, 0.717) is 29.8 Å². The van der Waals surface area contributed by atoms with Gasteiger partial charge in [-0.1, -0.05) is 5.16 Å². The SMILES string of the molecule is Cc1noc(CNc2ncc(Br)cc2N)n1. The predicted octanol–water partition coefficient (Wildman–Crippen LogP) is 1.73. The summed E-state index contributed by atoms with van der Waals surface area (Å²) in [6, 6.07) is 1.77. The van der Waals surface area contributed by atoms with Crippen LogP contribution in [0.2, 0.25) is 0 Å². The van der Waals surface area contributed by atoms with E-state index in [1.807, 2.05) is 0 Å². The van der Waals surface area contributed by atoms with Gasteiger partial charge in [-0.2, -0.15) is 4.98 Å². The Morgan fingerprint density at radius 2 is 2.38 bits per heavy atom. The van der Waals surface area contributed by atoms with E-state index in [4.69, 9.17) is 10.3 Å². The molecule has 2 heterocycles. The molecule has 0 radical (unpaired) electrons. The molecule has 0 spiro atoms. The second-order valence-electron chi connectivity index (χ2n) is 3.18. The standard InChI is InChI=1S/C9H10BrN5O/c1-5-14-8(16-15-5)4-13-9-7(11)2-6(10)3-12-9/h2-3H,4,11H2,1H3,(H,12,13). The highest BCUT2D eigenvalue weighted by molar-refractivity contribution is 9.10. The van der Waals surface area contributed by atoms with Crippen LogP contribution in [0.1, 0.15) is 11.7 Å². The molecule has 0 aromatic carbocycles. The first-order valence-corrected chi connectivity index (χ1v) is 5.38. The second-order valence-corrected chi connectivity index (χ2v) is 4.10. The molecule has 0 amide bonds. The molecule has 0 aliphatic heterocycles. The summed E-state index contributed by atoms with van der Waals surface area (Å²) < 4.78 is 5.79. The minimum absolute atomic E-state index is 0.402. The van der Waals surface area contributed by atoms with Crippen molar-refractivity contribution in [2.75, 3.05) is 11.1 Å². The van der Waals surface area contributed by atoms with Crippen molar-refractivity contribution < 1.29 is 4.52 Å². The van der Waals surface area contributed by atoms with Crippen LogP contribution in [0.4, 0.5) is 11.5 Å². The van der Waals surface area contributed by atoms with Gasteiger partial charge in [-0.15, -0.1) is 0 Å². The Bertz CT molecular complexity index is 498. The summed E-state index contributed by atoms with van der Waals surface area (Å²) in [5, 5.41) is 6.70. The summed E-state index contributed by atoms with van der Waals surface area (Å²) in [6.07, 6.45) is 1.66. The van der Waals surface area contributed by atoms with Crippen LogP contribution >= 0.6 is 15.9 Å². The van der Waals surface area contributed by atoms with Crippen molar-refractivity contribution in [2.24, 2.45) is 0 Å². The van der Waals surface area contributed by atoms with Crippen LogP contribution in [-0.4, -0.2) is 15.1 Å². The van der Waals surface area contributed by atoms with Crippen molar-refractivity contribution in [1.29, 1.82) is 0 Å². The maximum atomic E-state index is 5.77. The van der Waals surface area contributed by atoms with E-state index < -0.39 is 0 Å². The fraction of sp³-hybridized carbons (Fsp3) is 0.222. The van der Waals surface area contributed by atoms with E-state index in [9.17, 15) is 0 Å². The molecule has 0 aliphatic rings. The minimum atomic E-state index is 0.402. The number of halogens is 1. The van der Waals surface area contributed by atoms with Crippen LogP contribution in [-0.2, 0) is 6.54 Å². The Balaban J connectivity index is 2.04. The first-order chi connectivity index (χ1) is 7.65. The Kier molecular flexibility index (Phi) is 3.04. The number of aryl methyl sites for hydroxylation is 1. The maximum Gasteiger partial charge on any atom is 0.245 e. The first-order valence-electron chi connectivity index (χ1n) is 4.59. The van der Waals surface area contributed by atoms with Crippen molar-refractivity contribution in [3.8, 4) is 0 Å². The van der Waals surface area contributed by atoms with Crippen LogP contribution in [0.15, 0.2) is 21.3 Å². The molecule has 0 aliphatic carbocycles. The third kappa shape index (κ3) is 2.48. The molecule has 6 nitrogen and oxygen atoms in total. The van der Waals surface area contributed by atoms with Crippen molar-refractivity contribution in [1.82, 2.24) is 15.1 Å². The number of nitrogen functional groups attached to an aromatic ring is 1. The maximum absolute atomic E-state index is 5.77. The third-order valence-corrected chi connectivity index (χ3v) is 2.29. The molecule has 0 unspecified atom stereocenters. The number of hydrogen-bond donors (Lipinski definition) is 2. The van der Waals surface area contributed by atoms with E-state index in [2.05, 4.69) is 36.4 Å². The van der Waals surface area contributed by atoms with Gasteiger partial charge >= 0.3 is 0 Å². The Morgan fingerprint density at radius 1 is 1.56 bits per heavy atom. The van der Waals surface area contributed by atoms with Crippen molar-refractivity contribution >= 4 is 27.4 Å². The molecule has 3 N–H and O–H groups in total. The van der Waals surface area contributed by atoms with Gasteiger partial charge in [0.2, 0.25) is 5.89 Å². The second kappa shape index (κ2) is 4.48. The Hall–Kier alpha value is -1.63. The number of aromatic nitrogens is 3. The number of rotatable bonds is 3. The van der Waals surface area contributed by atoms with Crippen LogP contribution in [0.25, 0.3) is 0 Å². The van der Waals surface area contributed by atoms with E-state index in [1.54, 1.807) is 19.2 Å². The summed E-state index contributed by atoms with van der Waals surface area (Å²) >= 11 is 3.28. The number of nitrogens with zero attached hydrogens (tertiary/aromatic N) is 3. The van der Waals surface area contributed by atoms with Gasteiger partial charge < -0.3 is 15.6 Å². The average Bonchev–Trinajstić information content (AvgIpc) is 2.63. The van der Waals surface area contributed by atoms with Crippen molar-refractivity contribution in [3.05, 3.63) is 28.5 Å². The first kappa shape index (κ1) is 10.9. The summed E-state index contributed by atoms with van der Waals surface area (Å²) in [4.78, 5) is 8.18. The van der Waals surface area contributed by atoms with E-state index >= 15 is 0 Å². The van der Waals surface area contributed by atoms with Gasteiger partial charge in [0.1, 0.15) is 5.82 Å². The average molecular weight is 284 g/mol. The molecule has 0 atom stereocenters. The lowest BCUT2D eigenvalue weighted by Gasteiger charge is -2.05. The van der Waals surface area contributed by atoms with Gasteiger partial charge in [0.15, 0.2) is 5.82 Å². The highest BCUT2D eigenvalue weighted by Gasteiger charge is 2.05. The number of nitrogens with one attached hydrogen (secondary N) is 1. The normalized spacial score (nSPS) is 10.4. The number of anilines is 2. The van der Waals surface area contributed by atoms with Gasteiger partial charge in [-0.05, 0) is 28.9 Å². The zero-order chi connectivity index (χ0) is 11.5. The number of hydrogen-bond acceptors (Lipinski definition) is 6. The molecule has 7 heteroatoms.